The Kier molecular flexibility index (Phi) is 5.70. The zero-order valence-corrected chi connectivity index (χ0v) is 14.9. The maximum atomic E-state index is 13.1. The molecule has 1 saturated heterocycles. The number of benzene rings is 1. The summed E-state index contributed by atoms with van der Waals surface area (Å²) < 4.78 is 57.8. The lowest BCUT2D eigenvalue weighted by atomic mass is 10.0. The third kappa shape index (κ3) is 5.23. The van der Waals surface area contributed by atoms with E-state index in [1.807, 2.05) is 11.8 Å². The minimum absolute atomic E-state index is 0.0240. The fourth-order valence-corrected chi connectivity index (χ4v) is 4.76. The molecule has 136 valence electrons. The van der Waals surface area contributed by atoms with Gasteiger partial charge in [0, 0.05) is 12.0 Å². The fourth-order valence-electron chi connectivity index (χ4n) is 2.60. The molecule has 0 unspecified atom stereocenters. The molecule has 25 heavy (non-hydrogen) atoms. The lowest BCUT2D eigenvalue weighted by Gasteiger charge is -2.17. The third-order valence-corrected chi connectivity index (χ3v) is 6.14. The second-order valence-electron chi connectivity index (χ2n) is 5.79. The molecule has 6 nitrogen and oxygen atoms in total. The molecule has 0 saturated carbocycles. The Balaban J connectivity index is 1.59. The number of sulfonamides is 1. The first-order valence-electron chi connectivity index (χ1n) is 7.74. The standard InChI is InChI=1S/C15H17F2N3O3S2/c16-12-5-10(6-13(17)7-12)9-25(21,22)18-8-14-19-15(20-23-14)11-1-3-24-4-2-11/h5-7,11,18H,1-4,8-9H2. The molecule has 0 radical (unpaired) electrons. The van der Waals surface area contributed by atoms with E-state index < -0.39 is 27.4 Å². The molecule has 2 aromatic rings. The third-order valence-electron chi connectivity index (χ3n) is 3.79. The summed E-state index contributed by atoms with van der Waals surface area (Å²) in [6.45, 7) is -0.158. The van der Waals surface area contributed by atoms with Crippen molar-refractivity contribution in [3.63, 3.8) is 0 Å². The normalized spacial score (nSPS) is 16.2. The molecule has 0 aliphatic carbocycles. The molecule has 1 aliphatic heterocycles. The molecule has 1 aromatic heterocycles. The molecular weight excluding hydrogens is 372 g/mol. The van der Waals surface area contributed by atoms with E-state index in [9.17, 15) is 17.2 Å². The lowest BCUT2D eigenvalue weighted by molar-refractivity contribution is 0.365. The molecule has 1 N–H and O–H groups in total. The minimum atomic E-state index is -3.80. The quantitative estimate of drug-likeness (QED) is 0.817. The molecule has 0 amide bonds. The second kappa shape index (κ2) is 7.79. The zero-order chi connectivity index (χ0) is 17.9. The van der Waals surface area contributed by atoms with Crippen LogP contribution in [0.4, 0.5) is 8.78 Å². The van der Waals surface area contributed by atoms with Crippen LogP contribution in [0.5, 0.6) is 0 Å². The first kappa shape index (κ1) is 18.3. The van der Waals surface area contributed by atoms with Gasteiger partial charge in [0.1, 0.15) is 11.6 Å². The van der Waals surface area contributed by atoms with Crippen LogP contribution in [-0.4, -0.2) is 30.1 Å². The van der Waals surface area contributed by atoms with Crippen molar-refractivity contribution < 1.29 is 21.7 Å². The van der Waals surface area contributed by atoms with Crippen molar-refractivity contribution in [2.24, 2.45) is 0 Å². The number of nitrogens with one attached hydrogen (secondary N) is 1. The van der Waals surface area contributed by atoms with Crippen molar-refractivity contribution >= 4 is 21.8 Å². The van der Waals surface area contributed by atoms with E-state index in [2.05, 4.69) is 14.9 Å². The Bertz CT molecular complexity index is 816. The van der Waals surface area contributed by atoms with Gasteiger partial charge < -0.3 is 4.52 Å². The predicted octanol–water partition coefficient (Wildman–Crippen LogP) is 2.58. The van der Waals surface area contributed by atoms with Gasteiger partial charge in [-0.3, -0.25) is 0 Å². The molecule has 0 bridgehead atoms. The number of hydrogen-bond acceptors (Lipinski definition) is 6. The van der Waals surface area contributed by atoms with Gasteiger partial charge in [0.05, 0.1) is 12.3 Å². The van der Waals surface area contributed by atoms with Crippen LogP contribution in [-0.2, 0) is 22.3 Å². The van der Waals surface area contributed by atoms with E-state index >= 15 is 0 Å². The van der Waals surface area contributed by atoms with Gasteiger partial charge in [-0.15, -0.1) is 0 Å². The molecule has 3 rings (SSSR count). The van der Waals surface area contributed by atoms with Gasteiger partial charge >= 0.3 is 0 Å². The van der Waals surface area contributed by atoms with Crippen LogP contribution < -0.4 is 4.72 Å². The Morgan fingerprint density at radius 2 is 1.88 bits per heavy atom. The van der Waals surface area contributed by atoms with Crippen molar-refractivity contribution in [2.75, 3.05) is 11.5 Å². The van der Waals surface area contributed by atoms with Gasteiger partial charge in [-0.1, -0.05) is 5.16 Å². The van der Waals surface area contributed by atoms with Crippen molar-refractivity contribution in [1.82, 2.24) is 14.9 Å². The highest BCUT2D eigenvalue weighted by Gasteiger charge is 2.22. The highest BCUT2D eigenvalue weighted by atomic mass is 32.2. The Morgan fingerprint density at radius 3 is 2.56 bits per heavy atom. The number of thioether (sulfide) groups is 1. The number of halogens is 2. The smallest absolute Gasteiger partial charge is 0.241 e. The molecule has 2 heterocycles. The van der Waals surface area contributed by atoms with Gasteiger partial charge in [-0.05, 0) is 42.0 Å². The SMILES string of the molecule is O=S(=O)(Cc1cc(F)cc(F)c1)NCc1nc(C2CCSCC2)no1. The van der Waals surface area contributed by atoms with Crippen LogP contribution in [0.2, 0.25) is 0 Å². The summed E-state index contributed by atoms with van der Waals surface area (Å²) in [6.07, 6.45) is 1.95. The highest BCUT2D eigenvalue weighted by Crippen LogP contribution is 2.29. The molecule has 10 heteroatoms. The molecule has 1 aliphatic rings. The minimum Gasteiger partial charge on any atom is -0.338 e. The first-order valence-corrected chi connectivity index (χ1v) is 10.5. The van der Waals surface area contributed by atoms with Gasteiger partial charge in [0.2, 0.25) is 15.9 Å². The maximum absolute atomic E-state index is 13.1. The number of rotatable bonds is 6. The second-order valence-corrected chi connectivity index (χ2v) is 8.82. The van der Waals surface area contributed by atoms with Crippen LogP contribution >= 0.6 is 11.8 Å². The summed E-state index contributed by atoms with van der Waals surface area (Å²) in [7, 11) is -3.80. The predicted molar refractivity (Wildman–Crippen MR) is 89.4 cm³/mol. The van der Waals surface area contributed by atoms with Crippen molar-refractivity contribution in [2.45, 2.75) is 31.1 Å². The van der Waals surface area contributed by atoms with Crippen LogP contribution in [0.15, 0.2) is 22.7 Å². The largest absolute Gasteiger partial charge is 0.338 e. The average Bonchev–Trinajstić information content (AvgIpc) is 3.01. The Hall–Kier alpha value is -1.52. The van der Waals surface area contributed by atoms with Crippen molar-refractivity contribution in [3.8, 4) is 0 Å². The van der Waals surface area contributed by atoms with Crippen LogP contribution in [0, 0.1) is 11.6 Å². The summed E-state index contributed by atoms with van der Waals surface area (Å²) in [5, 5.41) is 3.92. The number of hydrogen-bond donors (Lipinski definition) is 1. The van der Waals surface area contributed by atoms with Crippen LogP contribution in [0.1, 0.15) is 36.0 Å². The van der Waals surface area contributed by atoms with Gasteiger partial charge in [-0.2, -0.15) is 16.7 Å². The maximum Gasteiger partial charge on any atom is 0.241 e. The fraction of sp³-hybridized carbons (Fsp3) is 0.467. The van der Waals surface area contributed by atoms with E-state index in [0.29, 0.717) is 11.9 Å². The van der Waals surface area contributed by atoms with Crippen molar-refractivity contribution in [3.05, 3.63) is 47.1 Å². The summed E-state index contributed by atoms with van der Waals surface area (Å²) in [6, 6.07) is 2.65. The lowest BCUT2D eigenvalue weighted by Crippen LogP contribution is -2.25. The van der Waals surface area contributed by atoms with Gasteiger partial charge in [-0.25, -0.2) is 21.9 Å². The molecule has 0 atom stereocenters. The summed E-state index contributed by atoms with van der Waals surface area (Å²) >= 11 is 1.89. The summed E-state index contributed by atoms with van der Waals surface area (Å²) in [4.78, 5) is 4.24. The summed E-state index contributed by atoms with van der Waals surface area (Å²) in [5.74, 6) is 0.920. The van der Waals surface area contributed by atoms with E-state index in [1.165, 1.54) is 0 Å². The number of aromatic nitrogens is 2. The van der Waals surface area contributed by atoms with Crippen LogP contribution in [0.3, 0.4) is 0 Å². The first-order chi connectivity index (χ1) is 11.9. The molecule has 1 aromatic carbocycles. The van der Waals surface area contributed by atoms with E-state index in [0.717, 1.165) is 36.5 Å². The zero-order valence-electron chi connectivity index (χ0n) is 13.2. The number of nitrogens with zero attached hydrogens (tertiary/aromatic N) is 2. The monoisotopic (exact) mass is 389 g/mol. The Morgan fingerprint density at radius 1 is 1.20 bits per heavy atom. The van der Waals surface area contributed by atoms with E-state index in [4.69, 9.17) is 4.52 Å². The van der Waals surface area contributed by atoms with Gasteiger partial charge in [0.25, 0.3) is 0 Å². The van der Waals surface area contributed by atoms with Gasteiger partial charge in [0.15, 0.2) is 5.82 Å². The Labute approximate surface area is 148 Å². The highest BCUT2D eigenvalue weighted by molar-refractivity contribution is 7.99. The average molecular weight is 389 g/mol. The molecular formula is C15H17F2N3O3S2. The molecule has 0 spiro atoms. The topological polar surface area (TPSA) is 85.1 Å². The molecule has 1 fully saturated rings. The van der Waals surface area contributed by atoms with E-state index in [-0.39, 0.29) is 23.9 Å². The summed E-state index contributed by atoms with van der Waals surface area (Å²) in [5.41, 5.74) is 0.0240. The van der Waals surface area contributed by atoms with Crippen LogP contribution in [0.25, 0.3) is 0 Å². The van der Waals surface area contributed by atoms with E-state index in [1.54, 1.807) is 0 Å². The van der Waals surface area contributed by atoms with Crippen molar-refractivity contribution in [1.29, 1.82) is 0 Å².